The summed E-state index contributed by atoms with van der Waals surface area (Å²) in [6.07, 6.45) is 8.67. The Morgan fingerprint density at radius 3 is 1.02 bits per heavy atom. The van der Waals surface area contributed by atoms with Crippen LogP contribution in [-0.4, -0.2) is 12.3 Å². The van der Waals surface area contributed by atoms with Crippen LogP contribution in [0, 0.1) is 35.5 Å². The lowest BCUT2D eigenvalue weighted by Crippen LogP contribution is -2.23. The van der Waals surface area contributed by atoms with Gasteiger partial charge < -0.3 is 0 Å². The summed E-state index contributed by atoms with van der Waals surface area (Å²) in [6, 6.07) is 0. The molecule has 48 heavy (non-hydrogen) atoms. The van der Waals surface area contributed by atoms with Gasteiger partial charge in [0.25, 0.3) is 0 Å². The molecule has 1 aliphatic heterocycles. The first-order valence-corrected chi connectivity index (χ1v) is 20.4. The number of nitrogens with zero attached hydrogens (tertiary/aromatic N) is 1. The van der Waals surface area contributed by atoms with Gasteiger partial charge in [0.05, 0.1) is 0 Å². The molecule has 1 heteroatoms. The number of allylic oxidation sites excluding steroid dienone is 4. The average Bonchev–Trinajstić information content (AvgIpc) is 2.95. The molecule has 0 aromatic heterocycles. The van der Waals surface area contributed by atoms with Crippen LogP contribution in [-0.2, 0) is 0 Å². The quantitative estimate of drug-likeness (QED) is 0.237. The van der Waals surface area contributed by atoms with Crippen LogP contribution >= 0.6 is 0 Å². The van der Waals surface area contributed by atoms with E-state index in [2.05, 4.69) is 180 Å². The molecule has 0 N–H and O–H groups in total. The van der Waals surface area contributed by atoms with Gasteiger partial charge in [0.15, 0.2) is 0 Å². The summed E-state index contributed by atoms with van der Waals surface area (Å²) in [4.78, 5) is 4.72. The van der Waals surface area contributed by atoms with E-state index in [-0.39, 0.29) is 7.43 Å². The maximum absolute atomic E-state index is 4.72. The van der Waals surface area contributed by atoms with Crippen molar-refractivity contribution in [3.63, 3.8) is 0 Å². The van der Waals surface area contributed by atoms with Gasteiger partial charge in [-0.1, -0.05) is 230 Å². The summed E-state index contributed by atoms with van der Waals surface area (Å²) in [5.74, 6) is 3.63. The zero-order valence-electron chi connectivity index (χ0n) is 38.3. The molecule has 0 atom stereocenters. The number of hydrogen-bond acceptors (Lipinski definition) is 1. The second kappa shape index (κ2) is 48.0. The Kier molecular flexibility index (Phi) is 65.3. The van der Waals surface area contributed by atoms with Crippen molar-refractivity contribution in [1.82, 2.24) is 0 Å². The minimum absolute atomic E-state index is 0. The predicted molar refractivity (Wildman–Crippen MR) is 237 cm³/mol. The second-order valence-corrected chi connectivity index (χ2v) is 14.7. The van der Waals surface area contributed by atoms with Crippen molar-refractivity contribution >= 4 is 5.71 Å². The van der Waals surface area contributed by atoms with E-state index in [1.54, 1.807) is 11.1 Å². The van der Waals surface area contributed by atoms with E-state index in [1.807, 2.05) is 0 Å². The van der Waals surface area contributed by atoms with E-state index in [1.165, 1.54) is 67.4 Å². The maximum atomic E-state index is 4.72. The van der Waals surface area contributed by atoms with Crippen molar-refractivity contribution in [3.05, 3.63) is 34.4 Å². The lowest BCUT2D eigenvalue weighted by molar-refractivity contribution is 0.650. The molecule has 0 fully saturated rings. The van der Waals surface area contributed by atoms with E-state index in [4.69, 9.17) is 4.99 Å². The molecule has 0 saturated carbocycles. The summed E-state index contributed by atoms with van der Waals surface area (Å²) in [6.45, 7) is 60.1. The van der Waals surface area contributed by atoms with Gasteiger partial charge in [0, 0.05) is 12.3 Å². The summed E-state index contributed by atoms with van der Waals surface area (Å²) in [7, 11) is 0. The molecule has 0 spiro atoms. The molecule has 1 nitrogen and oxygen atoms in total. The second-order valence-electron chi connectivity index (χ2n) is 14.7. The number of dihydropyridines is 1. The van der Waals surface area contributed by atoms with Crippen LogP contribution in [0.3, 0.4) is 0 Å². The highest BCUT2D eigenvalue weighted by molar-refractivity contribution is 6.03. The van der Waals surface area contributed by atoms with Gasteiger partial charge in [0.1, 0.15) is 0 Å². The molecular weight excluding hydrogens is 579 g/mol. The minimum atomic E-state index is 0. The summed E-state index contributed by atoms with van der Waals surface area (Å²) in [5.41, 5.74) is 8.84. The predicted octanol–water partition coefficient (Wildman–Crippen LogP) is 18.1. The summed E-state index contributed by atoms with van der Waals surface area (Å²) < 4.78 is 0. The average molecular weight is 682 g/mol. The number of rotatable bonds is 7. The molecule has 0 aromatic carbocycles. The van der Waals surface area contributed by atoms with Crippen LogP contribution in [0.2, 0.25) is 0 Å². The lowest BCUT2D eigenvalue weighted by atomic mass is 9.81. The standard InChI is InChI=1S/C14H25N.C14H26.6C3H8.CH4/c1-9(2)12-7-8-15-14(11(5)6)13(12)10(3)4;1-9(2)12(7)14(11(5)6)13(8)10(3)4;6*1-3-2;/h9-11H,7-8H2,1-6H3;9-11H,7H2,1-6,8H3;6*3H2,1-2H3;1H4/b;14-13+;;;;;;;. The van der Waals surface area contributed by atoms with Crippen LogP contribution in [0.1, 0.15) is 225 Å². The first-order valence-electron chi connectivity index (χ1n) is 20.4. The van der Waals surface area contributed by atoms with Crippen LogP contribution in [0.4, 0.5) is 0 Å². The Bertz CT molecular complexity index is 692. The van der Waals surface area contributed by atoms with Gasteiger partial charge in [0.2, 0.25) is 0 Å². The van der Waals surface area contributed by atoms with E-state index in [0.29, 0.717) is 35.5 Å². The van der Waals surface area contributed by atoms with Gasteiger partial charge in [-0.15, -0.1) is 0 Å². The van der Waals surface area contributed by atoms with E-state index < -0.39 is 0 Å². The normalized spacial score (nSPS) is 11.9. The van der Waals surface area contributed by atoms with Crippen molar-refractivity contribution < 1.29 is 0 Å². The third-order valence-electron chi connectivity index (χ3n) is 6.02. The molecule has 0 aliphatic carbocycles. The van der Waals surface area contributed by atoms with Gasteiger partial charge in [-0.05, 0) is 65.6 Å². The van der Waals surface area contributed by atoms with Crippen LogP contribution in [0.5, 0.6) is 0 Å². The van der Waals surface area contributed by atoms with Crippen molar-refractivity contribution in [2.24, 2.45) is 40.5 Å². The van der Waals surface area contributed by atoms with E-state index in [9.17, 15) is 0 Å². The molecule has 1 rings (SSSR count). The molecule has 0 bridgehead atoms. The zero-order valence-corrected chi connectivity index (χ0v) is 38.3. The fraction of sp³-hybridized carbons (Fsp3) is 0.851. The Morgan fingerprint density at radius 2 is 0.833 bits per heavy atom. The summed E-state index contributed by atoms with van der Waals surface area (Å²) in [5, 5.41) is 0. The Labute approximate surface area is 311 Å². The van der Waals surface area contributed by atoms with Crippen molar-refractivity contribution in [1.29, 1.82) is 0 Å². The highest BCUT2D eigenvalue weighted by atomic mass is 14.8. The zero-order chi connectivity index (χ0) is 39.3. The third kappa shape index (κ3) is 42.9. The molecule has 0 aromatic rings. The maximum Gasteiger partial charge on any atom is 0.0430 e. The van der Waals surface area contributed by atoms with Crippen molar-refractivity contribution in [3.8, 4) is 0 Å². The Balaban J connectivity index is -0.0000000736. The Hall–Kier alpha value is -1.11. The first kappa shape index (κ1) is 65.3. The van der Waals surface area contributed by atoms with Crippen LogP contribution < -0.4 is 0 Å². The minimum Gasteiger partial charge on any atom is -0.289 e. The van der Waals surface area contributed by atoms with Crippen molar-refractivity contribution in [2.45, 2.75) is 225 Å². The largest absolute Gasteiger partial charge is 0.289 e. The van der Waals surface area contributed by atoms with Crippen molar-refractivity contribution in [2.75, 3.05) is 6.54 Å². The van der Waals surface area contributed by atoms with Crippen LogP contribution in [0.15, 0.2) is 39.4 Å². The fourth-order valence-corrected chi connectivity index (χ4v) is 4.14. The Morgan fingerprint density at radius 1 is 0.521 bits per heavy atom. The highest BCUT2D eigenvalue weighted by Crippen LogP contribution is 2.31. The van der Waals surface area contributed by atoms with Gasteiger partial charge in [-0.25, -0.2) is 0 Å². The SMILES string of the molecule is C.C=C(/C(=C(\C)C(C)C)C(C)C)C(C)C.CC(C)C1=NCCC(C(C)C)=C1C(C)C.CCC.CCC.CCC.CCC.CCC.CCC. The lowest BCUT2D eigenvalue weighted by Gasteiger charge is -2.28. The summed E-state index contributed by atoms with van der Waals surface area (Å²) >= 11 is 0. The van der Waals surface area contributed by atoms with Gasteiger partial charge >= 0.3 is 0 Å². The topological polar surface area (TPSA) is 12.4 Å². The van der Waals surface area contributed by atoms with Gasteiger partial charge in [-0.3, -0.25) is 4.99 Å². The molecule has 0 amide bonds. The first-order chi connectivity index (χ1) is 21.7. The molecule has 1 aliphatic rings. The number of hydrogen-bond donors (Lipinski definition) is 0. The molecular formula is C47H103N. The van der Waals surface area contributed by atoms with Crippen LogP contribution in [0.25, 0.3) is 0 Å². The third-order valence-corrected chi connectivity index (χ3v) is 6.02. The number of aliphatic imine (C=N–C) groups is 1. The van der Waals surface area contributed by atoms with E-state index in [0.717, 1.165) is 6.54 Å². The highest BCUT2D eigenvalue weighted by Gasteiger charge is 2.23. The monoisotopic (exact) mass is 682 g/mol. The molecule has 1 heterocycles. The molecule has 296 valence electrons. The van der Waals surface area contributed by atoms with E-state index >= 15 is 0 Å². The van der Waals surface area contributed by atoms with Gasteiger partial charge in [-0.2, -0.15) is 0 Å². The molecule has 0 radical (unpaired) electrons. The molecule has 0 unspecified atom stereocenters. The smallest absolute Gasteiger partial charge is 0.0430 e. The fourth-order valence-electron chi connectivity index (χ4n) is 4.14. The molecule has 0 saturated heterocycles.